The van der Waals surface area contributed by atoms with Crippen LogP contribution in [0.25, 0.3) is 0 Å². The third kappa shape index (κ3) is 2.83. The Morgan fingerprint density at radius 2 is 2.05 bits per heavy atom. The van der Waals surface area contributed by atoms with Gasteiger partial charge in [0.2, 0.25) is 10.0 Å². The molecule has 2 rings (SSSR count). The van der Waals surface area contributed by atoms with Crippen LogP contribution < -0.4 is 5.73 Å². The zero-order valence-electron chi connectivity index (χ0n) is 11.2. The Balaban J connectivity index is 2.50. The summed E-state index contributed by atoms with van der Waals surface area (Å²) in [6, 6.07) is 4.38. The van der Waals surface area contributed by atoms with Gasteiger partial charge in [-0.15, -0.1) is 0 Å². The second-order valence-corrected chi connectivity index (χ2v) is 7.65. The first kappa shape index (κ1) is 16.0. The van der Waals surface area contributed by atoms with Gasteiger partial charge in [0.15, 0.2) is 0 Å². The minimum atomic E-state index is -3.69. The predicted octanol–water partition coefficient (Wildman–Crippen LogP) is 2.88. The van der Waals surface area contributed by atoms with Crippen molar-refractivity contribution >= 4 is 33.2 Å². The summed E-state index contributed by atoms with van der Waals surface area (Å²) in [5.41, 5.74) is 5.73. The molecule has 7 heteroatoms. The molecule has 1 fully saturated rings. The second kappa shape index (κ2) is 6.20. The maximum Gasteiger partial charge on any atom is 0.245 e. The quantitative estimate of drug-likeness (QED) is 0.922. The number of hydrogen-bond donors (Lipinski definition) is 1. The van der Waals surface area contributed by atoms with Crippen LogP contribution in [-0.2, 0) is 10.0 Å². The number of nitrogens with two attached hydrogens (primary N) is 1. The number of hydrogen-bond acceptors (Lipinski definition) is 3. The van der Waals surface area contributed by atoms with Gasteiger partial charge in [-0.2, -0.15) is 4.31 Å². The van der Waals surface area contributed by atoms with Crippen molar-refractivity contribution in [1.82, 2.24) is 4.31 Å². The largest absolute Gasteiger partial charge is 0.329 e. The smallest absolute Gasteiger partial charge is 0.245 e. The normalized spacial score (nSPS) is 24.8. The summed E-state index contributed by atoms with van der Waals surface area (Å²) in [6.07, 6.45) is 2.59. The van der Waals surface area contributed by atoms with Crippen molar-refractivity contribution in [2.24, 2.45) is 5.73 Å². The molecule has 20 heavy (non-hydrogen) atoms. The van der Waals surface area contributed by atoms with Gasteiger partial charge < -0.3 is 5.73 Å². The lowest BCUT2D eigenvalue weighted by atomic mass is 10.00. The van der Waals surface area contributed by atoms with Crippen molar-refractivity contribution in [2.45, 2.75) is 43.2 Å². The molecule has 2 atom stereocenters. The molecule has 1 heterocycles. The standard InChI is InChI=1S/C13H18Cl2N2O2S/c1-9-4-2-5-10(8-16)17(9)20(18,19)12-7-3-6-11(14)13(12)15/h3,6-7,9-10H,2,4-5,8,16H2,1H3. The highest BCUT2D eigenvalue weighted by Gasteiger charge is 2.38. The van der Waals surface area contributed by atoms with Crippen LogP contribution in [0.3, 0.4) is 0 Å². The number of rotatable bonds is 3. The molecule has 0 radical (unpaired) electrons. The molecule has 2 N–H and O–H groups in total. The number of halogens is 2. The zero-order chi connectivity index (χ0) is 14.9. The van der Waals surface area contributed by atoms with Crippen molar-refractivity contribution in [2.75, 3.05) is 6.54 Å². The van der Waals surface area contributed by atoms with E-state index in [1.54, 1.807) is 12.1 Å². The van der Waals surface area contributed by atoms with Gasteiger partial charge in [-0.05, 0) is 31.9 Å². The van der Waals surface area contributed by atoms with E-state index in [4.69, 9.17) is 28.9 Å². The summed E-state index contributed by atoms with van der Waals surface area (Å²) >= 11 is 12.0. The van der Waals surface area contributed by atoms with Crippen LogP contribution in [0.1, 0.15) is 26.2 Å². The monoisotopic (exact) mass is 336 g/mol. The fraction of sp³-hybridized carbons (Fsp3) is 0.538. The predicted molar refractivity (Wildman–Crippen MR) is 81.6 cm³/mol. The molecule has 1 saturated heterocycles. The van der Waals surface area contributed by atoms with Crippen molar-refractivity contribution in [3.8, 4) is 0 Å². The molecule has 0 aliphatic carbocycles. The summed E-state index contributed by atoms with van der Waals surface area (Å²) in [6.45, 7) is 2.21. The van der Waals surface area contributed by atoms with E-state index in [-0.39, 0.29) is 27.0 Å². The maximum absolute atomic E-state index is 12.9. The first-order valence-corrected chi connectivity index (χ1v) is 8.76. The van der Waals surface area contributed by atoms with Crippen molar-refractivity contribution in [3.63, 3.8) is 0 Å². The zero-order valence-corrected chi connectivity index (χ0v) is 13.5. The van der Waals surface area contributed by atoms with E-state index in [0.29, 0.717) is 6.54 Å². The van der Waals surface area contributed by atoms with Gasteiger partial charge >= 0.3 is 0 Å². The second-order valence-electron chi connectivity index (χ2n) is 5.06. The third-order valence-electron chi connectivity index (χ3n) is 3.70. The fourth-order valence-electron chi connectivity index (χ4n) is 2.71. The highest BCUT2D eigenvalue weighted by atomic mass is 35.5. The summed E-state index contributed by atoms with van der Waals surface area (Å²) in [5.74, 6) is 0. The Morgan fingerprint density at radius 1 is 1.35 bits per heavy atom. The Labute approximate surface area is 129 Å². The van der Waals surface area contributed by atoms with Crippen LogP contribution in [0.15, 0.2) is 23.1 Å². The molecular weight excluding hydrogens is 319 g/mol. The molecule has 2 unspecified atom stereocenters. The number of benzene rings is 1. The lowest BCUT2D eigenvalue weighted by Crippen LogP contribution is -2.51. The molecular formula is C13H18Cl2N2O2S. The van der Waals surface area contributed by atoms with Crippen molar-refractivity contribution in [3.05, 3.63) is 28.2 Å². The van der Waals surface area contributed by atoms with Gasteiger partial charge in [-0.25, -0.2) is 8.42 Å². The highest BCUT2D eigenvalue weighted by Crippen LogP contribution is 2.35. The first-order chi connectivity index (χ1) is 9.39. The Kier molecular flexibility index (Phi) is 4.97. The van der Waals surface area contributed by atoms with E-state index in [1.807, 2.05) is 6.92 Å². The van der Waals surface area contributed by atoms with Crippen LogP contribution in [0.2, 0.25) is 10.0 Å². The minimum absolute atomic E-state index is 0.0545. The molecule has 0 aromatic heterocycles. The summed E-state index contributed by atoms with van der Waals surface area (Å²) in [5, 5.41) is 0.310. The molecule has 1 aliphatic heterocycles. The van der Waals surface area contributed by atoms with Crippen LogP contribution in [-0.4, -0.2) is 31.4 Å². The Morgan fingerprint density at radius 3 is 2.70 bits per heavy atom. The van der Waals surface area contributed by atoms with Crippen LogP contribution in [0.4, 0.5) is 0 Å². The summed E-state index contributed by atoms with van der Waals surface area (Å²) < 4.78 is 27.2. The van der Waals surface area contributed by atoms with Crippen molar-refractivity contribution in [1.29, 1.82) is 0 Å². The Bertz CT molecular complexity index is 592. The molecule has 112 valence electrons. The molecule has 0 spiro atoms. The van der Waals surface area contributed by atoms with Crippen LogP contribution in [0, 0.1) is 0 Å². The van der Waals surface area contributed by atoms with Gasteiger partial charge in [0.1, 0.15) is 4.90 Å². The average molecular weight is 337 g/mol. The van der Waals surface area contributed by atoms with E-state index in [2.05, 4.69) is 0 Å². The van der Waals surface area contributed by atoms with E-state index < -0.39 is 10.0 Å². The third-order valence-corrected chi connectivity index (χ3v) is 6.74. The van der Waals surface area contributed by atoms with Gasteiger partial charge in [0.05, 0.1) is 10.0 Å². The van der Waals surface area contributed by atoms with Gasteiger partial charge in [0.25, 0.3) is 0 Å². The molecule has 4 nitrogen and oxygen atoms in total. The number of nitrogens with zero attached hydrogens (tertiary/aromatic N) is 1. The van der Waals surface area contributed by atoms with E-state index in [9.17, 15) is 8.42 Å². The summed E-state index contributed by atoms with van der Waals surface area (Å²) in [4.78, 5) is 0.0545. The summed E-state index contributed by atoms with van der Waals surface area (Å²) in [7, 11) is -3.69. The molecule has 0 amide bonds. The van der Waals surface area contributed by atoms with E-state index in [1.165, 1.54) is 10.4 Å². The lowest BCUT2D eigenvalue weighted by molar-refractivity contribution is 0.196. The number of sulfonamides is 1. The van der Waals surface area contributed by atoms with Gasteiger partial charge in [-0.3, -0.25) is 0 Å². The SMILES string of the molecule is CC1CCCC(CN)N1S(=O)(=O)c1cccc(Cl)c1Cl. The minimum Gasteiger partial charge on any atom is -0.329 e. The van der Waals surface area contributed by atoms with E-state index in [0.717, 1.165) is 19.3 Å². The van der Waals surface area contributed by atoms with Crippen molar-refractivity contribution < 1.29 is 8.42 Å². The first-order valence-electron chi connectivity index (χ1n) is 6.57. The van der Waals surface area contributed by atoms with Crippen LogP contribution in [0.5, 0.6) is 0 Å². The fourth-order valence-corrected chi connectivity index (χ4v) is 5.34. The molecule has 1 aliphatic rings. The maximum atomic E-state index is 12.9. The lowest BCUT2D eigenvalue weighted by Gasteiger charge is -2.39. The number of piperidine rings is 1. The average Bonchev–Trinajstić information content (AvgIpc) is 2.41. The van der Waals surface area contributed by atoms with Crippen LogP contribution >= 0.6 is 23.2 Å². The Hall–Kier alpha value is -0.330. The molecule has 0 saturated carbocycles. The topological polar surface area (TPSA) is 63.4 Å². The highest BCUT2D eigenvalue weighted by molar-refractivity contribution is 7.89. The molecule has 1 aromatic rings. The van der Waals surface area contributed by atoms with Gasteiger partial charge in [0, 0.05) is 18.6 Å². The van der Waals surface area contributed by atoms with E-state index >= 15 is 0 Å². The molecule has 1 aromatic carbocycles. The molecule has 0 bridgehead atoms. The van der Waals surface area contributed by atoms with Gasteiger partial charge in [-0.1, -0.05) is 35.7 Å².